The van der Waals surface area contributed by atoms with Gasteiger partial charge < -0.3 is 0 Å². The van der Waals surface area contributed by atoms with Gasteiger partial charge in [-0.15, -0.1) is 0 Å². The van der Waals surface area contributed by atoms with E-state index < -0.39 is 0 Å². The molecule has 0 unspecified atom stereocenters. The number of rotatable bonds is 32. The van der Waals surface area contributed by atoms with Gasteiger partial charge in [-0.25, -0.2) is 0 Å². The number of carbonyl (C=O) groups excluding carboxylic acids is 1. The summed E-state index contributed by atoms with van der Waals surface area (Å²) in [5.41, 5.74) is 0. The van der Waals surface area contributed by atoms with E-state index in [2.05, 4.69) is 13.0 Å². The van der Waals surface area contributed by atoms with Gasteiger partial charge in [-0.05, 0) is 18.9 Å². The molecule has 0 bridgehead atoms. The zero-order valence-corrected chi connectivity index (χ0v) is 25.5. The van der Waals surface area contributed by atoms with Gasteiger partial charge in [0, 0.05) is 0 Å². The van der Waals surface area contributed by atoms with E-state index in [9.17, 15) is 4.79 Å². The van der Waals surface area contributed by atoms with Crippen molar-refractivity contribution in [3.8, 4) is 0 Å². The van der Waals surface area contributed by atoms with Crippen LogP contribution >= 0.6 is 0 Å². The summed E-state index contributed by atoms with van der Waals surface area (Å²) in [6, 6.07) is 0. The summed E-state index contributed by atoms with van der Waals surface area (Å²) in [6.45, 7) is 2.30. The molecule has 1 nitrogen and oxygen atoms in total. The Morgan fingerprint density at radius 1 is 0.324 bits per heavy atom. The Kier molecular flexibility index (Phi) is 34.3. The van der Waals surface area contributed by atoms with Gasteiger partial charge in [-0.2, -0.15) is 0 Å². The number of unbranched alkanes of at least 4 members (excludes halogenated alkanes) is 29. The van der Waals surface area contributed by atoms with Crippen molar-refractivity contribution in [3.63, 3.8) is 0 Å². The molecule has 0 amide bonds. The topological polar surface area (TPSA) is 17.1 Å². The number of carbonyl (C=O) groups is 1. The Balaban J connectivity index is 3.05. The second-order valence-electron chi connectivity index (χ2n) is 11.6. The molecule has 0 saturated carbocycles. The predicted octanol–water partition coefficient (Wildman–Crippen LogP) is 13.0. The van der Waals surface area contributed by atoms with Crippen molar-refractivity contribution in [1.29, 1.82) is 0 Å². The average Bonchev–Trinajstić information content (AvgIpc) is 2.91. The number of aldehydes is 1. The van der Waals surface area contributed by atoms with E-state index in [-0.39, 0.29) is 0 Å². The van der Waals surface area contributed by atoms with Crippen molar-refractivity contribution >= 4 is 6.29 Å². The third-order valence-corrected chi connectivity index (χ3v) is 7.91. The summed E-state index contributed by atoms with van der Waals surface area (Å²) in [5.74, 6) is 0. The highest BCUT2D eigenvalue weighted by atomic mass is 16.1. The van der Waals surface area contributed by atoms with Crippen LogP contribution in [0.1, 0.15) is 200 Å². The van der Waals surface area contributed by atoms with Gasteiger partial charge in [0.1, 0.15) is 6.29 Å². The van der Waals surface area contributed by atoms with E-state index >= 15 is 0 Å². The van der Waals surface area contributed by atoms with Crippen LogP contribution in [0.4, 0.5) is 0 Å². The highest BCUT2D eigenvalue weighted by Gasteiger charge is 1.96. The Morgan fingerprint density at radius 3 is 0.865 bits per heavy atom. The van der Waals surface area contributed by atoms with Crippen LogP contribution in [0.2, 0.25) is 0 Å². The van der Waals surface area contributed by atoms with Crippen molar-refractivity contribution in [2.75, 3.05) is 0 Å². The fourth-order valence-electron chi connectivity index (χ4n) is 5.39. The summed E-state index contributed by atoms with van der Waals surface area (Å²) in [6.07, 6.45) is 51.5. The molecule has 0 aromatic heterocycles. The molecule has 37 heavy (non-hydrogen) atoms. The third kappa shape index (κ3) is 35.1. The third-order valence-electron chi connectivity index (χ3n) is 7.91. The summed E-state index contributed by atoms with van der Waals surface area (Å²) < 4.78 is 0. The van der Waals surface area contributed by atoms with Crippen LogP contribution in [0.25, 0.3) is 0 Å². The summed E-state index contributed by atoms with van der Waals surface area (Å²) in [7, 11) is 0. The van der Waals surface area contributed by atoms with E-state index in [0.717, 1.165) is 12.7 Å². The fourth-order valence-corrected chi connectivity index (χ4v) is 5.39. The standard InChI is InChI=1S/C36H68O/c1-2-3-4-5-6-7-8-9-10-11-12-13-14-15-16-17-18-19-20-21-22-23-24-25-26-27-28-29-30-31-32-33-34-35-36-37/h32-36H,2-31H2,1H3/b33-32+,35-34+. The fraction of sp³-hybridized carbons (Fsp3) is 0.861. The molecule has 0 N–H and O–H groups in total. The molecule has 0 fully saturated rings. The molecule has 218 valence electrons. The summed E-state index contributed by atoms with van der Waals surface area (Å²) in [5, 5.41) is 0. The van der Waals surface area contributed by atoms with Gasteiger partial charge in [-0.1, -0.05) is 205 Å². The maximum atomic E-state index is 10.2. The first-order chi connectivity index (χ1) is 18.4. The first kappa shape index (κ1) is 36.1. The summed E-state index contributed by atoms with van der Waals surface area (Å²) in [4.78, 5) is 10.2. The minimum Gasteiger partial charge on any atom is -0.299 e. The first-order valence-corrected chi connectivity index (χ1v) is 17.2. The molecule has 0 rings (SSSR count). The van der Waals surface area contributed by atoms with Crippen LogP contribution in [0.3, 0.4) is 0 Å². The molecular weight excluding hydrogens is 448 g/mol. The second-order valence-corrected chi connectivity index (χ2v) is 11.6. The number of allylic oxidation sites excluding steroid dienone is 4. The molecule has 0 aliphatic carbocycles. The normalized spacial score (nSPS) is 11.8. The maximum absolute atomic E-state index is 10.2. The maximum Gasteiger partial charge on any atom is 0.142 e. The van der Waals surface area contributed by atoms with Crippen molar-refractivity contribution in [1.82, 2.24) is 0 Å². The molecule has 0 aromatic carbocycles. The Bertz CT molecular complexity index is 463. The largest absolute Gasteiger partial charge is 0.299 e. The van der Waals surface area contributed by atoms with E-state index in [1.807, 2.05) is 12.2 Å². The summed E-state index contributed by atoms with van der Waals surface area (Å²) >= 11 is 0. The molecule has 0 aliphatic heterocycles. The lowest BCUT2D eigenvalue weighted by Gasteiger charge is -2.04. The second kappa shape index (κ2) is 35.2. The SMILES string of the molecule is CCCCCCCCCCCCCCCCCCCCCCCCCCCCCCC/C=C/C=C/C=O. The zero-order valence-electron chi connectivity index (χ0n) is 25.5. The van der Waals surface area contributed by atoms with Gasteiger partial charge in [0.2, 0.25) is 0 Å². The highest BCUT2D eigenvalue weighted by molar-refractivity contribution is 5.65. The van der Waals surface area contributed by atoms with E-state index in [0.29, 0.717) is 0 Å². The Labute approximate surface area is 234 Å². The van der Waals surface area contributed by atoms with E-state index in [1.165, 1.54) is 186 Å². The van der Waals surface area contributed by atoms with Gasteiger partial charge in [0.15, 0.2) is 0 Å². The van der Waals surface area contributed by atoms with E-state index in [1.54, 1.807) is 6.08 Å². The number of hydrogen-bond acceptors (Lipinski definition) is 1. The predicted molar refractivity (Wildman–Crippen MR) is 169 cm³/mol. The van der Waals surface area contributed by atoms with Crippen LogP contribution in [0.5, 0.6) is 0 Å². The van der Waals surface area contributed by atoms with Crippen LogP contribution in [0, 0.1) is 0 Å². The Morgan fingerprint density at radius 2 is 0.595 bits per heavy atom. The van der Waals surface area contributed by atoms with Crippen molar-refractivity contribution < 1.29 is 4.79 Å². The lowest BCUT2D eigenvalue weighted by molar-refractivity contribution is -0.104. The van der Waals surface area contributed by atoms with Crippen molar-refractivity contribution in [2.24, 2.45) is 0 Å². The quantitative estimate of drug-likeness (QED) is 0.0376. The number of hydrogen-bond donors (Lipinski definition) is 0. The van der Waals surface area contributed by atoms with Gasteiger partial charge in [0.25, 0.3) is 0 Å². The van der Waals surface area contributed by atoms with Crippen LogP contribution < -0.4 is 0 Å². The van der Waals surface area contributed by atoms with Crippen LogP contribution in [0.15, 0.2) is 24.3 Å². The van der Waals surface area contributed by atoms with Crippen LogP contribution in [-0.2, 0) is 4.79 Å². The Hall–Kier alpha value is -0.850. The van der Waals surface area contributed by atoms with Gasteiger partial charge in [-0.3, -0.25) is 4.79 Å². The minimum atomic E-state index is 0.827. The lowest BCUT2D eigenvalue weighted by atomic mass is 10.0. The molecule has 0 spiro atoms. The average molecular weight is 517 g/mol. The van der Waals surface area contributed by atoms with Crippen molar-refractivity contribution in [3.05, 3.63) is 24.3 Å². The molecule has 0 aliphatic rings. The molecule has 0 atom stereocenters. The molecule has 0 saturated heterocycles. The van der Waals surface area contributed by atoms with Crippen LogP contribution in [-0.4, -0.2) is 6.29 Å². The molecular formula is C36H68O. The monoisotopic (exact) mass is 517 g/mol. The highest BCUT2D eigenvalue weighted by Crippen LogP contribution is 2.16. The molecule has 1 heteroatoms. The van der Waals surface area contributed by atoms with Gasteiger partial charge >= 0.3 is 0 Å². The molecule has 0 radical (unpaired) electrons. The zero-order chi connectivity index (χ0) is 26.7. The van der Waals surface area contributed by atoms with E-state index in [4.69, 9.17) is 0 Å². The van der Waals surface area contributed by atoms with Gasteiger partial charge in [0.05, 0.1) is 0 Å². The smallest absolute Gasteiger partial charge is 0.142 e. The minimum absolute atomic E-state index is 0.827. The molecule has 0 aromatic rings. The molecule has 0 heterocycles. The van der Waals surface area contributed by atoms with Crippen molar-refractivity contribution in [2.45, 2.75) is 200 Å². The first-order valence-electron chi connectivity index (χ1n) is 17.2. The lowest BCUT2D eigenvalue weighted by Crippen LogP contribution is -1.85.